The largest absolute Gasteiger partial charge is 0.465 e. The Kier molecular flexibility index (Phi) is 4.73. The molecule has 1 fully saturated rings. The molecule has 3 unspecified atom stereocenters. The molecule has 0 bridgehead atoms. The van der Waals surface area contributed by atoms with Gasteiger partial charge in [0.15, 0.2) is 10.8 Å². The summed E-state index contributed by atoms with van der Waals surface area (Å²) in [5, 5.41) is 15.6. The number of hydrogen-bond donors (Lipinski definition) is 2. The number of hydrogen-bond acceptors (Lipinski definition) is 6. The summed E-state index contributed by atoms with van der Waals surface area (Å²) in [4.78, 5) is 29.7. The Morgan fingerprint density at radius 1 is 1.37 bits per heavy atom. The van der Waals surface area contributed by atoms with Gasteiger partial charge in [-0.1, -0.05) is 24.6 Å². The van der Waals surface area contributed by atoms with E-state index < -0.39 is 12.1 Å². The quantitative estimate of drug-likeness (QED) is 0.766. The molecule has 7 nitrogen and oxygen atoms in total. The number of anilines is 2. The summed E-state index contributed by atoms with van der Waals surface area (Å²) in [5.74, 6) is -0.257. The van der Waals surface area contributed by atoms with E-state index in [1.807, 2.05) is 24.3 Å². The first-order valence-electron chi connectivity index (χ1n) is 9.10. The summed E-state index contributed by atoms with van der Waals surface area (Å²) in [6.45, 7) is 2.07. The second-order valence-corrected chi connectivity index (χ2v) is 7.61. The van der Waals surface area contributed by atoms with Gasteiger partial charge in [0.2, 0.25) is 0 Å². The summed E-state index contributed by atoms with van der Waals surface area (Å²) in [6, 6.07) is 7.54. The molecule has 1 aromatic heterocycles. The van der Waals surface area contributed by atoms with E-state index >= 15 is 0 Å². The van der Waals surface area contributed by atoms with Crippen LogP contribution in [0.15, 0.2) is 29.6 Å². The average Bonchev–Trinajstić information content (AvgIpc) is 3.31. The Morgan fingerprint density at radius 2 is 2.19 bits per heavy atom. The maximum absolute atomic E-state index is 11.9. The zero-order valence-corrected chi connectivity index (χ0v) is 15.7. The van der Waals surface area contributed by atoms with Crippen LogP contribution >= 0.6 is 11.3 Å². The normalized spacial score (nSPS) is 23.4. The Morgan fingerprint density at radius 3 is 2.96 bits per heavy atom. The number of fused-ring (bicyclic) bond motifs is 2. The van der Waals surface area contributed by atoms with E-state index in [1.165, 1.54) is 16.2 Å². The number of benzene rings is 1. The van der Waals surface area contributed by atoms with Gasteiger partial charge in [-0.25, -0.2) is 14.6 Å². The number of carbonyl (C=O) groups excluding carboxylic acids is 1. The van der Waals surface area contributed by atoms with Crippen molar-refractivity contribution in [1.82, 2.24) is 4.98 Å². The summed E-state index contributed by atoms with van der Waals surface area (Å²) >= 11 is 1.36. The number of nitrogens with zero attached hydrogens (tertiary/aromatic N) is 2. The first-order valence-corrected chi connectivity index (χ1v) is 9.98. The van der Waals surface area contributed by atoms with Crippen molar-refractivity contribution in [1.29, 1.82) is 0 Å². The number of aromatic nitrogens is 1. The van der Waals surface area contributed by atoms with Crippen LogP contribution in [0.3, 0.4) is 0 Å². The SMILES string of the molecule is CCOC(=O)c1csc(NC2c3ccccc3N(C(=O)O)C3CCCC23)n1. The highest BCUT2D eigenvalue weighted by molar-refractivity contribution is 7.13. The molecule has 0 spiro atoms. The van der Waals surface area contributed by atoms with Crippen LogP contribution in [-0.4, -0.2) is 34.8 Å². The van der Waals surface area contributed by atoms with Crippen molar-refractivity contribution in [2.75, 3.05) is 16.8 Å². The van der Waals surface area contributed by atoms with Crippen molar-refractivity contribution >= 4 is 34.2 Å². The number of thiazole rings is 1. The highest BCUT2D eigenvalue weighted by Crippen LogP contribution is 2.49. The van der Waals surface area contributed by atoms with E-state index in [0.29, 0.717) is 17.4 Å². The van der Waals surface area contributed by atoms with Gasteiger partial charge in [0.25, 0.3) is 0 Å². The average molecular weight is 387 g/mol. The summed E-state index contributed by atoms with van der Waals surface area (Å²) in [7, 11) is 0. The lowest BCUT2D eigenvalue weighted by atomic mass is 9.83. The molecule has 27 heavy (non-hydrogen) atoms. The second-order valence-electron chi connectivity index (χ2n) is 6.75. The van der Waals surface area contributed by atoms with Crippen LogP contribution in [-0.2, 0) is 4.74 Å². The lowest BCUT2D eigenvalue weighted by Crippen LogP contribution is -2.48. The summed E-state index contributed by atoms with van der Waals surface area (Å²) in [6.07, 6.45) is 1.90. The van der Waals surface area contributed by atoms with Gasteiger partial charge in [-0.15, -0.1) is 11.3 Å². The van der Waals surface area contributed by atoms with E-state index in [-0.39, 0.29) is 18.0 Å². The molecule has 2 aliphatic rings. The number of amides is 1. The van der Waals surface area contributed by atoms with Crippen LogP contribution in [0.4, 0.5) is 15.6 Å². The smallest absolute Gasteiger partial charge is 0.412 e. The fourth-order valence-electron chi connectivity index (χ4n) is 4.26. The number of nitrogens with one attached hydrogen (secondary N) is 1. The van der Waals surface area contributed by atoms with Gasteiger partial charge in [-0.3, -0.25) is 4.90 Å². The molecule has 3 atom stereocenters. The third-order valence-corrected chi connectivity index (χ3v) is 6.07. The van der Waals surface area contributed by atoms with Crippen LogP contribution in [0.1, 0.15) is 48.3 Å². The zero-order valence-electron chi connectivity index (χ0n) is 14.9. The van der Waals surface area contributed by atoms with Gasteiger partial charge in [-0.2, -0.15) is 0 Å². The van der Waals surface area contributed by atoms with Crippen molar-refractivity contribution in [2.45, 2.75) is 38.3 Å². The Bertz CT molecular complexity index is 868. The lowest BCUT2D eigenvalue weighted by molar-refractivity contribution is 0.0520. The Hall–Kier alpha value is -2.61. The maximum Gasteiger partial charge on any atom is 0.412 e. The van der Waals surface area contributed by atoms with Gasteiger partial charge < -0.3 is 15.2 Å². The fraction of sp³-hybridized carbons (Fsp3) is 0.421. The summed E-state index contributed by atoms with van der Waals surface area (Å²) in [5.41, 5.74) is 1.98. The summed E-state index contributed by atoms with van der Waals surface area (Å²) < 4.78 is 5.00. The molecule has 0 radical (unpaired) electrons. The van der Waals surface area contributed by atoms with Gasteiger partial charge >= 0.3 is 12.1 Å². The molecule has 142 valence electrons. The predicted octanol–water partition coefficient (Wildman–Crippen LogP) is 4.14. The standard InChI is InChI=1S/C19H21N3O4S/c1-2-26-17(23)13-10-27-18(20-13)21-16-11-6-3-4-8-14(11)22(19(24)25)15-9-5-7-12(15)16/h3-4,6,8,10,12,15-16H,2,5,7,9H2,1H3,(H,20,21)(H,24,25). The molecule has 2 aromatic rings. The molecular formula is C19H21N3O4S. The predicted molar refractivity (Wildman–Crippen MR) is 103 cm³/mol. The third-order valence-electron chi connectivity index (χ3n) is 5.30. The molecular weight excluding hydrogens is 366 g/mol. The van der Waals surface area contributed by atoms with E-state index in [9.17, 15) is 14.7 Å². The topological polar surface area (TPSA) is 91.8 Å². The fourth-order valence-corrected chi connectivity index (χ4v) is 4.98. The monoisotopic (exact) mass is 387 g/mol. The second kappa shape index (κ2) is 7.19. The molecule has 1 saturated carbocycles. The van der Waals surface area contributed by atoms with Crippen molar-refractivity contribution < 1.29 is 19.4 Å². The van der Waals surface area contributed by atoms with Gasteiger partial charge in [-0.05, 0) is 31.4 Å². The number of carboxylic acid groups (broad SMARTS) is 1. The van der Waals surface area contributed by atoms with Gasteiger partial charge in [0, 0.05) is 17.3 Å². The molecule has 2 heterocycles. The van der Waals surface area contributed by atoms with Crippen LogP contribution in [0.5, 0.6) is 0 Å². The number of esters is 1. The van der Waals surface area contributed by atoms with E-state index in [4.69, 9.17) is 4.74 Å². The van der Waals surface area contributed by atoms with Gasteiger partial charge in [0.05, 0.1) is 18.3 Å². The minimum absolute atomic E-state index is 0.0366. The van der Waals surface area contributed by atoms with Crippen LogP contribution in [0, 0.1) is 5.92 Å². The molecule has 8 heteroatoms. The molecule has 1 aromatic carbocycles. The molecule has 0 saturated heterocycles. The van der Waals surface area contributed by atoms with Crippen LogP contribution < -0.4 is 10.2 Å². The number of carbonyl (C=O) groups is 2. The van der Waals surface area contributed by atoms with Crippen LogP contribution in [0.2, 0.25) is 0 Å². The molecule has 1 aliphatic carbocycles. The first-order chi connectivity index (χ1) is 13.1. The number of rotatable bonds is 4. The minimum Gasteiger partial charge on any atom is -0.465 e. The zero-order chi connectivity index (χ0) is 19.0. The molecule has 1 amide bonds. The third kappa shape index (κ3) is 3.14. The van der Waals surface area contributed by atoms with Crippen LogP contribution in [0.25, 0.3) is 0 Å². The number of ether oxygens (including phenoxy) is 1. The van der Waals surface area contributed by atoms with Crippen molar-refractivity contribution in [2.24, 2.45) is 5.92 Å². The highest BCUT2D eigenvalue weighted by Gasteiger charge is 2.46. The minimum atomic E-state index is -0.906. The van der Waals surface area contributed by atoms with Crippen molar-refractivity contribution in [3.8, 4) is 0 Å². The Balaban J connectivity index is 1.67. The van der Waals surface area contributed by atoms with Crippen molar-refractivity contribution in [3.05, 3.63) is 40.9 Å². The maximum atomic E-state index is 11.9. The molecule has 2 N–H and O–H groups in total. The van der Waals surface area contributed by atoms with E-state index in [2.05, 4.69) is 10.3 Å². The van der Waals surface area contributed by atoms with Crippen molar-refractivity contribution in [3.63, 3.8) is 0 Å². The van der Waals surface area contributed by atoms with E-state index in [0.717, 1.165) is 30.5 Å². The molecule has 1 aliphatic heterocycles. The van der Waals surface area contributed by atoms with E-state index in [1.54, 1.807) is 12.3 Å². The Labute approximate surface area is 161 Å². The highest BCUT2D eigenvalue weighted by atomic mass is 32.1. The first kappa shape index (κ1) is 17.8. The molecule has 4 rings (SSSR count). The van der Waals surface area contributed by atoms with Gasteiger partial charge in [0.1, 0.15) is 0 Å². The lowest BCUT2D eigenvalue weighted by Gasteiger charge is -2.42. The number of para-hydroxylation sites is 1.